The molecule has 0 fully saturated rings. The van der Waals surface area contributed by atoms with Crippen LogP contribution in [0.25, 0.3) is 0 Å². The number of nitrogens with two attached hydrogens (primary N) is 2. The smallest absolute Gasteiger partial charge is 0.370 e. The van der Waals surface area contributed by atoms with Gasteiger partial charge in [-0.25, -0.2) is 0 Å². The first-order valence-electron chi connectivity index (χ1n) is 4.52. The lowest BCUT2D eigenvalue weighted by Crippen LogP contribution is -2.23. The van der Waals surface area contributed by atoms with Crippen molar-refractivity contribution in [1.82, 2.24) is 0 Å². The summed E-state index contributed by atoms with van der Waals surface area (Å²) in [6.07, 6.45) is -4.79. The molecule has 1 aromatic rings. The lowest BCUT2D eigenvalue weighted by atomic mass is 9.98. The van der Waals surface area contributed by atoms with Crippen molar-refractivity contribution in [1.29, 1.82) is 0 Å². The highest BCUT2D eigenvalue weighted by molar-refractivity contribution is 5.74. The minimum atomic E-state index is -4.48. The molecule has 1 aromatic carbocycles. The molecule has 0 aliphatic rings. The van der Waals surface area contributed by atoms with Gasteiger partial charge in [-0.2, -0.15) is 13.2 Å². The van der Waals surface area contributed by atoms with Crippen LogP contribution in [0.2, 0.25) is 0 Å². The van der Waals surface area contributed by atoms with E-state index in [1.807, 2.05) is 0 Å². The van der Waals surface area contributed by atoms with Gasteiger partial charge >= 0.3 is 6.18 Å². The molecule has 0 aromatic heterocycles. The Kier molecular flexibility index (Phi) is 3.54. The average molecular weight is 232 g/mol. The van der Waals surface area contributed by atoms with Crippen LogP contribution < -0.4 is 11.5 Å². The Balaban J connectivity index is 3.08. The summed E-state index contributed by atoms with van der Waals surface area (Å²) in [5.74, 6) is -0.732. The zero-order chi connectivity index (χ0) is 12.3. The molecule has 4 N–H and O–H groups in total. The number of halogens is 3. The first-order chi connectivity index (χ1) is 7.32. The largest absolute Gasteiger partial charge is 0.416 e. The molecule has 1 amide bonds. The molecular weight excluding hydrogens is 221 g/mol. The van der Waals surface area contributed by atoms with E-state index in [2.05, 4.69) is 0 Å². The Labute approximate surface area is 90.2 Å². The fourth-order valence-corrected chi connectivity index (χ4v) is 1.41. The van der Waals surface area contributed by atoms with Crippen LogP contribution >= 0.6 is 0 Å². The number of hydrogen-bond acceptors (Lipinski definition) is 2. The van der Waals surface area contributed by atoms with Gasteiger partial charge in [0.15, 0.2) is 0 Å². The number of hydrogen-bond donors (Lipinski definition) is 2. The van der Waals surface area contributed by atoms with Crippen LogP contribution in [0.5, 0.6) is 0 Å². The number of amides is 1. The molecule has 0 spiro atoms. The van der Waals surface area contributed by atoms with E-state index >= 15 is 0 Å². The number of carbonyl (C=O) groups excluding carboxylic acids is 1. The van der Waals surface area contributed by atoms with Crippen molar-refractivity contribution < 1.29 is 18.0 Å². The van der Waals surface area contributed by atoms with Gasteiger partial charge in [0.1, 0.15) is 0 Å². The van der Waals surface area contributed by atoms with Crippen molar-refractivity contribution in [2.24, 2.45) is 11.5 Å². The molecule has 16 heavy (non-hydrogen) atoms. The predicted molar refractivity (Wildman–Crippen MR) is 52.2 cm³/mol. The molecular formula is C10H11F3N2O. The normalized spacial score (nSPS) is 13.5. The van der Waals surface area contributed by atoms with Crippen molar-refractivity contribution >= 4 is 5.91 Å². The molecule has 0 bridgehead atoms. The summed E-state index contributed by atoms with van der Waals surface area (Å²) < 4.78 is 37.7. The average Bonchev–Trinajstić information content (AvgIpc) is 2.15. The molecule has 1 rings (SSSR count). The van der Waals surface area contributed by atoms with Gasteiger partial charge in [-0.15, -0.1) is 0 Å². The summed E-state index contributed by atoms with van der Waals surface area (Å²) in [5, 5.41) is 0. The second-order valence-corrected chi connectivity index (χ2v) is 3.36. The number of benzene rings is 1. The maximum absolute atomic E-state index is 12.6. The van der Waals surface area contributed by atoms with Crippen LogP contribution in [0, 0.1) is 0 Å². The maximum Gasteiger partial charge on any atom is 0.416 e. The number of carbonyl (C=O) groups is 1. The summed E-state index contributed by atoms with van der Waals surface area (Å²) in [7, 11) is 0. The molecule has 3 nitrogen and oxygen atoms in total. The van der Waals surface area contributed by atoms with Gasteiger partial charge in [-0.05, 0) is 11.6 Å². The Hall–Kier alpha value is -1.56. The van der Waals surface area contributed by atoms with Gasteiger partial charge in [0, 0.05) is 12.5 Å². The van der Waals surface area contributed by atoms with E-state index in [-0.39, 0.29) is 12.0 Å². The van der Waals surface area contributed by atoms with Crippen molar-refractivity contribution in [3.05, 3.63) is 35.4 Å². The first kappa shape index (κ1) is 12.5. The van der Waals surface area contributed by atoms with E-state index < -0.39 is 23.7 Å². The van der Waals surface area contributed by atoms with Crippen LogP contribution in [-0.2, 0) is 11.0 Å². The zero-order valence-corrected chi connectivity index (χ0v) is 8.29. The molecule has 0 aliphatic carbocycles. The minimum Gasteiger partial charge on any atom is -0.370 e. The Morgan fingerprint density at radius 2 is 1.88 bits per heavy atom. The molecule has 1 atom stereocenters. The Bertz CT molecular complexity index is 390. The molecule has 88 valence electrons. The minimum absolute atomic E-state index is 0.117. The Morgan fingerprint density at radius 3 is 2.38 bits per heavy atom. The SMILES string of the molecule is NC(=O)CC(N)c1ccccc1C(F)(F)F. The quantitative estimate of drug-likeness (QED) is 0.830. The van der Waals surface area contributed by atoms with Crippen molar-refractivity contribution in [2.45, 2.75) is 18.6 Å². The predicted octanol–water partition coefficient (Wildman–Crippen LogP) is 1.58. The van der Waals surface area contributed by atoms with E-state index in [0.29, 0.717) is 0 Å². The van der Waals surface area contributed by atoms with Crippen LogP contribution in [0.4, 0.5) is 13.2 Å². The Morgan fingerprint density at radius 1 is 1.31 bits per heavy atom. The molecule has 6 heteroatoms. The van der Waals surface area contributed by atoms with Crippen molar-refractivity contribution in [3.63, 3.8) is 0 Å². The van der Waals surface area contributed by atoms with E-state index in [1.165, 1.54) is 18.2 Å². The first-order valence-corrected chi connectivity index (χ1v) is 4.52. The fraction of sp³-hybridized carbons (Fsp3) is 0.300. The maximum atomic E-state index is 12.6. The second-order valence-electron chi connectivity index (χ2n) is 3.36. The second kappa shape index (κ2) is 4.52. The lowest BCUT2D eigenvalue weighted by molar-refractivity contribution is -0.138. The summed E-state index contributed by atoms with van der Waals surface area (Å²) in [6, 6.07) is 3.84. The van der Waals surface area contributed by atoms with Crippen LogP contribution in [-0.4, -0.2) is 5.91 Å². The van der Waals surface area contributed by atoms with Crippen molar-refractivity contribution in [2.75, 3.05) is 0 Å². The number of alkyl halides is 3. The van der Waals surface area contributed by atoms with Gasteiger partial charge in [0.05, 0.1) is 5.56 Å². The third-order valence-electron chi connectivity index (χ3n) is 2.09. The summed E-state index contributed by atoms with van der Waals surface area (Å²) in [4.78, 5) is 10.6. The summed E-state index contributed by atoms with van der Waals surface area (Å²) in [5.41, 5.74) is 9.44. The van der Waals surface area contributed by atoms with Crippen LogP contribution in [0.3, 0.4) is 0 Å². The molecule has 0 aliphatic heterocycles. The molecule has 0 radical (unpaired) electrons. The lowest BCUT2D eigenvalue weighted by Gasteiger charge is -2.16. The molecule has 1 unspecified atom stereocenters. The third-order valence-corrected chi connectivity index (χ3v) is 2.09. The van der Waals surface area contributed by atoms with E-state index in [1.54, 1.807) is 0 Å². The molecule has 0 heterocycles. The van der Waals surface area contributed by atoms with Gasteiger partial charge in [-0.3, -0.25) is 4.79 Å². The van der Waals surface area contributed by atoms with Crippen LogP contribution in [0.1, 0.15) is 23.6 Å². The molecule has 0 saturated heterocycles. The van der Waals surface area contributed by atoms with Crippen molar-refractivity contribution in [3.8, 4) is 0 Å². The number of primary amides is 1. The summed E-state index contributed by atoms with van der Waals surface area (Å²) in [6.45, 7) is 0. The standard InChI is InChI=1S/C10H11F3N2O/c11-10(12,13)7-4-2-1-3-6(7)8(14)5-9(15)16/h1-4,8H,5,14H2,(H2,15,16). The van der Waals surface area contributed by atoms with Gasteiger partial charge in [-0.1, -0.05) is 18.2 Å². The van der Waals surface area contributed by atoms with Gasteiger partial charge in [0.2, 0.25) is 5.91 Å². The topological polar surface area (TPSA) is 69.1 Å². The highest BCUT2D eigenvalue weighted by Crippen LogP contribution is 2.34. The third kappa shape index (κ3) is 2.96. The zero-order valence-electron chi connectivity index (χ0n) is 8.29. The monoisotopic (exact) mass is 232 g/mol. The summed E-state index contributed by atoms with van der Waals surface area (Å²) >= 11 is 0. The van der Waals surface area contributed by atoms with Crippen LogP contribution in [0.15, 0.2) is 24.3 Å². The fourth-order valence-electron chi connectivity index (χ4n) is 1.41. The van der Waals surface area contributed by atoms with E-state index in [0.717, 1.165) is 6.07 Å². The van der Waals surface area contributed by atoms with Gasteiger partial charge in [0.25, 0.3) is 0 Å². The highest BCUT2D eigenvalue weighted by atomic mass is 19.4. The van der Waals surface area contributed by atoms with E-state index in [4.69, 9.17) is 11.5 Å². The highest BCUT2D eigenvalue weighted by Gasteiger charge is 2.34. The van der Waals surface area contributed by atoms with Gasteiger partial charge < -0.3 is 11.5 Å². The number of rotatable bonds is 3. The van der Waals surface area contributed by atoms with E-state index in [9.17, 15) is 18.0 Å². The molecule has 0 saturated carbocycles.